The van der Waals surface area contributed by atoms with Crippen molar-refractivity contribution in [1.29, 1.82) is 0 Å². The predicted octanol–water partition coefficient (Wildman–Crippen LogP) is 1.76. The maximum Gasteiger partial charge on any atom is 0.157 e. The highest BCUT2D eigenvalue weighted by atomic mass is 16.5. The molecule has 1 aromatic carbocycles. The minimum Gasteiger partial charge on any atom is -0.507 e. The average molecular weight is 350 g/mol. The van der Waals surface area contributed by atoms with Crippen molar-refractivity contribution in [3.8, 4) is 22.9 Å². The molecule has 0 bridgehead atoms. The lowest BCUT2D eigenvalue weighted by Gasteiger charge is -2.23. The number of nitrogens with zero attached hydrogens (tertiary/aromatic N) is 4. The molecule has 0 aliphatic heterocycles. The van der Waals surface area contributed by atoms with Gasteiger partial charge >= 0.3 is 0 Å². The van der Waals surface area contributed by atoms with Gasteiger partial charge in [0.05, 0.1) is 11.3 Å². The van der Waals surface area contributed by atoms with Gasteiger partial charge in [-0.25, -0.2) is 0 Å². The Kier molecular flexibility index (Phi) is 4.75. The zero-order chi connectivity index (χ0) is 18.7. The number of phenols is 1. The summed E-state index contributed by atoms with van der Waals surface area (Å²) in [5.74, 6) is 0.170. The van der Waals surface area contributed by atoms with E-state index in [0.29, 0.717) is 23.4 Å². The smallest absolute Gasteiger partial charge is 0.157 e. The minimum atomic E-state index is -0.218. The van der Waals surface area contributed by atoms with Crippen molar-refractivity contribution < 1.29 is 14.6 Å². The third-order valence-corrected chi connectivity index (χ3v) is 3.82. The van der Waals surface area contributed by atoms with Gasteiger partial charge < -0.3 is 9.84 Å². The summed E-state index contributed by atoms with van der Waals surface area (Å²) in [6.07, 6.45) is 5.49. The number of carbonyl (C=O) groups is 1. The predicted molar refractivity (Wildman–Crippen MR) is 98.9 cm³/mol. The Morgan fingerprint density at radius 3 is 2.73 bits per heavy atom. The first-order valence-electron chi connectivity index (χ1n) is 8.16. The van der Waals surface area contributed by atoms with Crippen LogP contribution in [0.3, 0.4) is 0 Å². The van der Waals surface area contributed by atoms with Crippen LogP contribution in [0.25, 0.3) is 11.4 Å². The van der Waals surface area contributed by atoms with Crippen LogP contribution in [0.2, 0.25) is 0 Å². The van der Waals surface area contributed by atoms with Gasteiger partial charge in [0.25, 0.3) is 0 Å². The minimum absolute atomic E-state index is 0.1000. The fourth-order valence-electron chi connectivity index (χ4n) is 2.63. The van der Waals surface area contributed by atoms with Gasteiger partial charge in [-0.15, -0.1) is 0 Å². The molecule has 0 radical (unpaired) electrons. The quantitative estimate of drug-likeness (QED) is 0.538. The number of benzene rings is 1. The highest BCUT2D eigenvalue weighted by molar-refractivity contribution is 6.13. The molecule has 2 aromatic heterocycles. The molecule has 0 aliphatic carbocycles. The highest BCUT2D eigenvalue weighted by Gasteiger charge is 2.21. The zero-order valence-corrected chi connectivity index (χ0v) is 14.9. The summed E-state index contributed by atoms with van der Waals surface area (Å²) in [5, 5.41) is 14.2. The Balaban J connectivity index is 1.94. The monoisotopic (exact) mass is 350 g/mol. The first-order valence-corrected chi connectivity index (χ1v) is 8.16. The van der Waals surface area contributed by atoms with Crippen LogP contribution in [0.4, 0.5) is 0 Å². The summed E-state index contributed by atoms with van der Waals surface area (Å²) in [6.45, 7) is 4.21. The third kappa shape index (κ3) is 3.44. The number of phenolic OH excluding ortho intramolecular Hbond substituents is 1. The van der Waals surface area contributed by atoms with Crippen LogP contribution in [-0.4, -0.2) is 39.0 Å². The van der Waals surface area contributed by atoms with E-state index in [2.05, 4.69) is 36.8 Å². The standard InChI is InChI=1S/C18H19BN4O3/c1-18(2,19)23-14(6-7-22-23)17-13(20-8-9-21-17)11-26-16-5-3-4-15(25)12(16)10-24/h3-10,25H,11,19H2,1-2H3. The van der Waals surface area contributed by atoms with Crippen LogP contribution >= 0.6 is 0 Å². The van der Waals surface area contributed by atoms with E-state index in [1.54, 1.807) is 30.7 Å². The summed E-state index contributed by atoms with van der Waals surface area (Å²) in [7, 11) is 2.05. The van der Waals surface area contributed by atoms with E-state index in [-0.39, 0.29) is 23.4 Å². The van der Waals surface area contributed by atoms with Crippen molar-refractivity contribution in [2.24, 2.45) is 0 Å². The molecular formula is C18H19BN4O3. The molecule has 0 atom stereocenters. The first kappa shape index (κ1) is 17.7. The summed E-state index contributed by atoms with van der Waals surface area (Å²) in [4.78, 5) is 20.0. The van der Waals surface area contributed by atoms with Gasteiger partial charge in [-0.2, -0.15) is 5.10 Å². The van der Waals surface area contributed by atoms with Crippen LogP contribution in [0, 0.1) is 0 Å². The van der Waals surface area contributed by atoms with Crippen LogP contribution in [0.1, 0.15) is 29.9 Å². The zero-order valence-electron chi connectivity index (χ0n) is 14.9. The molecule has 3 aromatic rings. The van der Waals surface area contributed by atoms with Crippen molar-refractivity contribution in [2.45, 2.75) is 25.9 Å². The number of rotatable bonds is 6. The van der Waals surface area contributed by atoms with E-state index >= 15 is 0 Å². The van der Waals surface area contributed by atoms with E-state index in [1.165, 1.54) is 6.07 Å². The number of aromatic hydroxyl groups is 1. The first-order chi connectivity index (χ1) is 12.4. The number of ether oxygens (including phenoxy) is 1. The van der Waals surface area contributed by atoms with Crippen molar-refractivity contribution in [3.63, 3.8) is 0 Å². The van der Waals surface area contributed by atoms with E-state index < -0.39 is 0 Å². The molecule has 0 unspecified atom stereocenters. The number of hydrogen-bond acceptors (Lipinski definition) is 6. The second-order valence-electron chi connectivity index (χ2n) is 6.75. The largest absolute Gasteiger partial charge is 0.507 e. The van der Waals surface area contributed by atoms with Crippen LogP contribution < -0.4 is 4.74 Å². The molecule has 0 saturated heterocycles. The van der Waals surface area contributed by atoms with Gasteiger partial charge in [0.1, 0.15) is 37.3 Å². The molecule has 0 aliphatic rings. The number of aldehydes is 1. The fraction of sp³-hybridized carbons (Fsp3) is 0.222. The van der Waals surface area contributed by atoms with Gasteiger partial charge in [0.15, 0.2) is 6.29 Å². The Labute approximate surface area is 152 Å². The number of carbonyl (C=O) groups excluding carboxylic acids is 1. The molecule has 26 heavy (non-hydrogen) atoms. The van der Waals surface area contributed by atoms with Crippen molar-refractivity contribution in [2.75, 3.05) is 0 Å². The highest BCUT2D eigenvalue weighted by Crippen LogP contribution is 2.28. The van der Waals surface area contributed by atoms with Crippen LogP contribution in [0.5, 0.6) is 11.5 Å². The van der Waals surface area contributed by atoms with Crippen molar-refractivity contribution in [3.05, 3.63) is 54.1 Å². The Hall–Kier alpha value is -3.16. The molecule has 0 spiro atoms. The summed E-state index contributed by atoms with van der Waals surface area (Å²) in [5.41, 5.74) is 1.99. The molecule has 0 fully saturated rings. The van der Waals surface area contributed by atoms with Crippen molar-refractivity contribution in [1.82, 2.24) is 19.7 Å². The molecule has 8 heteroatoms. The maximum absolute atomic E-state index is 11.2. The summed E-state index contributed by atoms with van der Waals surface area (Å²) in [6, 6.07) is 6.55. The Morgan fingerprint density at radius 1 is 1.23 bits per heavy atom. The summed E-state index contributed by atoms with van der Waals surface area (Å²) >= 11 is 0. The van der Waals surface area contributed by atoms with Gasteiger partial charge in [0.2, 0.25) is 0 Å². The lowest BCUT2D eigenvalue weighted by molar-refractivity contribution is 0.111. The number of aromatic nitrogens is 4. The molecular weight excluding hydrogens is 331 g/mol. The molecule has 132 valence electrons. The van der Waals surface area contributed by atoms with Gasteiger partial charge in [-0.3, -0.25) is 19.4 Å². The number of hydrogen-bond donors (Lipinski definition) is 1. The van der Waals surface area contributed by atoms with E-state index in [4.69, 9.17) is 4.74 Å². The topological polar surface area (TPSA) is 90.1 Å². The SMILES string of the molecule is BC(C)(C)n1nccc1-c1nccnc1COc1cccc(O)c1C=O. The second kappa shape index (κ2) is 6.99. The maximum atomic E-state index is 11.2. The molecule has 7 nitrogen and oxygen atoms in total. The van der Waals surface area contributed by atoms with E-state index in [0.717, 1.165) is 5.69 Å². The molecule has 0 amide bonds. The van der Waals surface area contributed by atoms with E-state index in [1.807, 2.05) is 10.7 Å². The third-order valence-electron chi connectivity index (χ3n) is 3.82. The van der Waals surface area contributed by atoms with Crippen LogP contribution in [0.15, 0.2) is 42.9 Å². The average Bonchev–Trinajstić information content (AvgIpc) is 3.10. The molecule has 1 N–H and O–H groups in total. The lowest BCUT2D eigenvalue weighted by atomic mass is 9.82. The van der Waals surface area contributed by atoms with Gasteiger partial charge in [-0.1, -0.05) is 6.07 Å². The second-order valence-corrected chi connectivity index (χ2v) is 6.75. The fourth-order valence-corrected chi connectivity index (χ4v) is 2.63. The Morgan fingerprint density at radius 2 is 2.00 bits per heavy atom. The normalized spacial score (nSPS) is 11.3. The molecule has 0 saturated carbocycles. The molecule has 3 rings (SSSR count). The lowest BCUT2D eigenvalue weighted by Crippen LogP contribution is -2.28. The Bertz CT molecular complexity index is 934. The summed E-state index contributed by atoms with van der Waals surface area (Å²) < 4.78 is 7.62. The van der Waals surface area contributed by atoms with Gasteiger partial charge in [-0.05, 0) is 32.0 Å². The molecule has 2 heterocycles. The van der Waals surface area contributed by atoms with E-state index in [9.17, 15) is 9.90 Å². The van der Waals surface area contributed by atoms with Crippen molar-refractivity contribution >= 4 is 14.1 Å². The van der Waals surface area contributed by atoms with Gasteiger partial charge in [0, 0.05) is 24.0 Å². The van der Waals surface area contributed by atoms with Crippen LogP contribution in [-0.2, 0) is 12.0 Å².